The van der Waals surface area contributed by atoms with E-state index in [4.69, 9.17) is 4.74 Å². The molecule has 3 rings (SSSR count). The quantitative estimate of drug-likeness (QED) is 0.899. The largest absolute Gasteiger partial charge is 0.372 e. The van der Waals surface area contributed by atoms with E-state index >= 15 is 0 Å². The van der Waals surface area contributed by atoms with E-state index in [1.54, 1.807) is 0 Å². The summed E-state index contributed by atoms with van der Waals surface area (Å²) in [7, 11) is 0. The Morgan fingerprint density at radius 3 is 2.43 bits per heavy atom. The molecule has 2 heterocycles. The van der Waals surface area contributed by atoms with Gasteiger partial charge in [-0.1, -0.05) is 31.2 Å². The molecule has 1 N–H and O–H groups in total. The third kappa shape index (κ3) is 4.06. The predicted molar refractivity (Wildman–Crippen MR) is 86.7 cm³/mol. The van der Waals surface area contributed by atoms with Crippen LogP contribution in [0.15, 0.2) is 24.3 Å². The lowest BCUT2D eigenvalue weighted by molar-refractivity contribution is 0.0243. The van der Waals surface area contributed by atoms with Gasteiger partial charge in [-0.05, 0) is 43.4 Å². The second kappa shape index (κ2) is 7.39. The summed E-state index contributed by atoms with van der Waals surface area (Å²) in [6.07, 6.45) is 5.67. The SMILES string of the molecule is CCNCC1CCC(CN2CCc3ccccc3CC2)O1. The van der Waals surface area contributed by atoms with E-state index in [-0.39, 0.29) is 0 Å². The Morgan fingerprint density at radius 2 is 1.76 bits per heavy atom. The van der Waals surface area contributed by atoms with Gasteiger partial charge in [0.15, 0.2) is 0 Å². The molecule has 2 atom stereocenters. The van der Waals surface area contributed by atoms with Crippen molar-refractivity contribution in [2.45, 2.75) is 44.8 Å². The molecule has 1 fully saturated rings. The zero-order valence-corrected chi connectivity index (χ0v) is 13.2. The molecule has 2 unspecified atom stereocenters. The van der Waals surface area contributed by atoms with Crippen LogP contribution in [0.5, 0.6) is 0 Å². The smallest absolute Gasteiger partial charge is 0.0707 e. The minimum Gasteiger partial charge on any atom is -0.372 e. The average Bonchev–Trinajstić information content (AvgIpc) is 2.86. The summed E-state index contributed by atoms with van der Waals surface area (Å²) in [5, 5.41) is 3.40. The summed E-state index contributed by atoms with van der Waals surface area (Å²) in [4.78, 5) is 2.60. The molecule has 3 heteroatoms. The molecule has 0 spiro atoms. The third-order valence-electron chi connectivity index (χ3n) is 4.79. The number of nitrogens with zero attached hydrogens (tertiary/aromatic N) is 1. The number of hydrogen-bond acceptors (Lipinski definition) is 3. The van der Waals surface area contributed by atoms with E-state index in [0.29, 0.717) is 12.2 Å². The van der Waals surface area contributed by atoms with Crippen molar-refractivity contribution in [1.29, 1.82) is 0 Å². The van der Waals surface area contributed by atoms with Gasteiger partial charge in [0, 0.05) is 26.2 Å². The molecule has 2 aliphatic heterocycles. The van der Waals surface area contributed by atoms with Gasteiger partial charge in [0.2, 0.25) is 0 Å². The molecule has 0 aliphatic carbocycles. The van der Waals surface area contributed by atoms with E-state index in [2.05, 4.69) is 41.4 Å². The van der Waals surface area contributed by atoms with Gasteiger partial charge in [-0.25, -0.2) is 0 Å². The second-order valence-electron chi connectivity index (χ2n) is 6.33. The van der Waals surface area contributed by atoms with E-state index < -0.39 is 0 Å². The van der Waals surface area contributed by atoms with Gasteiger partial charge in [0.1, 0.15) is 0 Å². The van der Waals surface area contributed by atoms with Crippen LogP contribution in [0, 0.1) is 0 Å². The van der Waals surface area contributed by atoms with Crippen molar-refractivity contribution in [2.24, 2.45) is 0 Å². The van der Waals surface area contributed by atoms with Crippen molar-refractivity contribution >= 4 is 0 Å². The molecule has 1 aromatic rings. The Bertz CT molecular complexity index is 422. The van der Waals surface area contributed by atoms with Crippen molar-refractivity contribution < 1.29 is 4.74 Å². The number of hydrogen-bond donors (Lipinski definition) is 1. The van der Waals surface area contributed by atoms with Crippen LogP contribution in [0.1, 0.15) is 30.9 Å². The Kier molecular flexibility index (Phi) is 5.28. The molecule has 1 saturated heterocycles. The van der Waals surface area contributed by atoms with Crippen LogP contribution in [-0.4, -0.2) is 49.8 Å². The van der Waals surface area contributed by atoms with Crippen LogP contribution in [0.4, 0.5) is 0 Å². The van der Waals surface area contributed by atoms with Gasteiger partial charge < -0.3 is 15.0 Å². The fourth-order valence-electron chi connectivity index (χ4n) is 3.55. The second-order valence-corrected chi connectivity index (χ2v) is 6.33. The van der Waals surface area contributed by atoms with Crippen molar-refractivity contribution in [3.63, 3.8) is 0 Å². The Morgan fingerprint density at radius 1 is 1.10 bits per heavy atom. The summed E-state index contributed by atoms with van der Waals surface area (Å²) in [6.45, 7) is 7.66. The number of nitrogens with one attached hydrogen (secondary N) is 1. The van der Waals surface area contributed by atoms with Crippen LogP contribution >= 0.6 is 0 Å². The normalized spacial score (nSPS) is 26.5. The van der Waals surface area contributed by atoms with Crippen LogP contribution in [-0.2, 0) is 17.6 Å². The lowest BCUT2D eigenvalue weighted by Crippen LogP contribution is -2.35. The molecule has 0 aromatic heterocycles. The fourth-order valence-corrected chi connectivity index (χ4v) is 3.55. The minimum absolute atomic E-state index is 0.430. The number of fused-ring (bicyclic) bond motifs is 1. The summed E-state index contributed by atoms with van der Waals surface area (Å²) in [5.41, 5.74) is 3.08. The highest BCUT2D eigenvalue weighted by atomic mass is 16.5. The van der Waals surface area contributed by atoms with Gasteiger partial charge >= 0.3 is 0 Å². The lowest BCUT2D eigenvalue weighted by atomic mass is 10.0. The molecule has 0 saturated carbocycles. The number of ether oxygens (including phenoxy) is 1. The molecule has 3 nitrogen and oxygen atoms in total. The van der Waals surface area contributed by atoms with Crippen molar-refractivity contribution in [3.05, 3.63) is 35.4 Å². The third-order valence-corrected chi connectivity index (χ3v) is 4.79. The maximum Gasteiger partial charge on any atom is 0.0707 e. The monoisotopic (exact) mass is 288 g/mol. The first-order valence-corrected chi connectivity index (χ1v) is 8.50. The average molecular weight is 288 g/mol. The van der Waals surface area contributed by atoms with Gasteiger partial charge in [0.25, 0.3) is 0 Å². The zero-order valence-electron chi connectivity index (χ0n) is 13.2. The van der Waals surface area contributed by atoms with E-state index in [1.807, 2.05) is 0 Å². The van der Waals surface area contributed by atoms with Gasteiger partial charge in [0.05, 0.1) is 12.2 Å². The Labute approximate surface area is 128 Å². The van der Waals surface area contributed by atoms with Gasteiger partial charge in [-0.2, -0.15) is 0 Å². The van der Waals surface area contributed by atoms with Crippen molar-refractivity contribution in [1.82, 2.24) is 10.2 Å². The molecule has 21 heavy (non-hydrogen) atoms. The molecular weight excluding hydrogens is 260 g/mol. The predicted octanol–water partition coefficient (Wildman–Crippen LogP) is 2.24. The molecule has 0 bridgehead atoms. The number of rotatable bonds is 5. The van der Waals surface area contributed by atoms with Crippen LogP contribution in [0.3, 0.4) is 0 Å². The highest BCUT2D eigenvalue weighted by Gasteiger charge is 2.27. The van der Waals surface area contributed by atoms with E-state index in [9.17, 15) is 0 Å². The van der Waals surface area contributed by atoms with Crippen molar-refractivity contribution in [3.8, 4) is 0 Å². The minimum atomic E-state index is 0.430. The van der Waals surface area contributed by atoms with Gasteiger partial charge in [-0.3, -0.25) is 0 Å². The van der Waals surface area contributed by atoms with Gasteiger partial charge in [-0.15, -0.1) is 0 Å². The molecular formula is C18H28N2O. The zero-order chi connectivity index (χ0) is 14.5. The summed E-state index contributed by atoms with van der Waals surface area (Å²) in [5.74, 6) is 0. The molecule has 116 valence electrons. The molecule has 0 radical (unpaired) electrons. The van der Waals surface area contributed by atoms with Crippen LogP contribution in [0.2, 0.25) is 0 Å². The highest BCUT2D eigenvalue weighted by Crippen LogP contribution is 2.22. The summed E-state index contributed by atoms with van der Waals surface area (Å²) in [6, 6.07) is 8.91. The van der Waals surface area contributed by atoms with E-state index in [1.165, 1.54) is 49.9 Å². The maximum atomic E-state index is 6.18. The first-order chi connectivity index (χ1) is 10.3. The molecule has 1 aromatic carbocycles. The Hall–Kier alpha value is -0.900. The fraction of sp³-hybridized carbons (Fsp3) is 0.667. The standard InChI is InChI=1S/C18H28N2O/c1-2-19-13-17-7-8-18(21-17)14-20-11-9-15-5-3-4-6-16(15)10-12-20/h3-6,17-19H,2,7-14H2,1H3. The van der Waals surface area contributed by atoms with Crippen LogP contribution in [0.25, 0.3) is 0 Å². The van der Waals surface area contributed by atoms with Crippen molar-refractivity contribution in [2.75, 3.05) is 32.7 Å². The first-order valence-electron chi connectivity index (χ1n) is 8.50. The number of benzene rings is 1. The van der Waals surface area contributed by atoms with E-state index in [0.717, 1.165) is 19.6 Å². The maximum absolute atomic E-state index is 6.18. The van der Waals surface area contributed by atoms with Crippen LogP contribution < -0.4 is 5.32 Å². The molecule has 0 amide bonds. The first kappa shape index (κ1) is 15.0. The summed E-state index contributed by atoms with van der Waals surface area (Å²) >= 11 is 0. The summed E-state index contributed by atoms with van der Waals surface area (Å²) < 4.78 is 6.18. The lowest BCUT2D eigenvalue weighted by Gasteiger charge is -2.24. The highest BCUT2D eigenvalue weighted by molar-refractivity contribution is 5.28. The number of likely N-dealkylation sites (N-methyl/N-ethyl adjacent to an activating group) is 1. The molecule has 2 aliphatic rings. The Balaban J connectivity index is 1.47. The topological polar surface area (TPSA) is 24.5 Å².